The van der Waals surface area contributed by atoms with Gasteiger partial charge >= 0.3 is 24.9 Å². The standard InChI is InChI=1S/C8H15N2.C5H2BO7/c1-3-4-5-10-7-6-9(2)8-10;1-2-3(7)11-6(10-2)12-4(8)5(9)13-6/h6-8H,3-5H2,1-2H3;1H2/q+1;-1. The first kappa shape index (κ1) is 16.6. The van der Waals surface area contributed by atoms with Crippen LogP contribution in [0.1, 0.15) is 19.8 Å². The number of nitrogens with zero attached hydrogens (tertiary/aromatic N) is 2. The summed E-state index contributed by atoms with van der Waals surface area (Å²) < 4.78 is 21.8. The first-order valence-corrected chi connectivity index (χ1v) is 7.06. The van der Waals surface area contributed by atoms with Crippen LogP contribution in [0.3, 0.4) is 0 Å². The van der Waals surface area contributed by atoms with Crippen LogP contribution in [0.2, 0.25) is 0 Å². The molecule has 0 radical (unpaired) electrons. The van der Waals surface area contributed by atoms with Gasteiger partial charge in [-0.15, -0.1) is 0 Å². The zero-order chi connectivity index (χ0) is 17.0. The van der Waals surface area contributed by atoms with E-state index in [9.17, 15) is 14.4 Å². The monoisotopic (exact) mass is 324 g/mol. The lowest BCUT2D eigenvalue weighted by atomic mass is 10.1. The number of aromatic nitrogens is 2. The quantitative estimate of drug-likeness (QED) is 0.326. The van der Waals surface area contributed by atoms with Crippen LogP contribution >= 0.6 is 0 Å². The van der Waals surface area contributed by atoms with E-state index in [1.807, 2.05) is 7.05 Å². The fraction of sp³-hybridized carbons (Fsp3) is 0.385. The highest BCUT2D eigenvalue weighted by atomic mass is 16.9. The minimum Gasteiger partial charge on any atom is -0.606 e. The number of hydrogen-bond donors (Lipinski definition) is 0. The second-order valence-corrected chi connectivity index (χ2v) is 5.00. The van der Waals surface area contributed by atoms with Gasteiger partial charge in [0, 0.05) is 0 Å². The Balaban J connectivity index is 0.000000174. The number of hydrogen-bond acceptors (Lipinski definition) is 7. The zero-order valence-electron chi connectivity index (χ0n) is 12.9. The van der Waals surface area contributed by atoms with Crippen molar-refractivity contribution in [2.24, 2.45) is 7.05 Å². The molecule has 23 heavy (non-hydrogen) atoms. The Bertz CT molecular complexity index is 585. The summed E-state index contributed by atoms with van der Waals surface area (Å²) in [5.41, 5.74) is 0. The van der Waals surface area contributed by atoms with Gasteiger partial charge in [0.1, 0.15) is 12.4 Å². The molecule has 2 fully saturated rings. The highest BCUT2D eigenvalue weighted by Crippen LogP contribution is 2.28. The van der Waals surface area contributed by atoms with Crippen molar-refractivity contribution >= 4 is 24.9 Å². The molecule has 10 heteroatoms. The van der Waals surface area contributed by atoms with Crippen molar-refractivity contribution in [3.63, 3.8) is 0 Å². The van der Waals surface area contributed by atoms with Crippen LogP contribution in [-0.4, -0.2) is 29.4 Å². The molecule has 3 rings (SSSR count). The number of carbonyl (C=O) groups excluding carboxylic acids is 3. The van der Waals surface area contributed by atoms with Gasteiger partial charge < -0.3 is 18.6 Å². The van der Waals surface area contributed by atoms with Crippen molar-refractivity contribution in [3.05, 3.63) is 31.1 Å². The first-order valence-electron chi connectivity index (χ1n) is 7.06. The fourth-order valence-corrected chi connectivity index (χ4v) is 1.90. The van der Waals surface area contributed by atoms with Crippen LogP contribution in [-0.2, 0) is 46.6 Å². The van der Waals surface area contributed by atoms with Crippen molar-refractivity contribution in [2.75, 3.05) is 0 Å². The van der Waals surface area contributed by atoms with Crippen molar-refractivity contribution in [3.8, 4) is 0 Å². The van der Waals surface area contributed by atoms with Crippen LogP contribution in [0.15, 0.2) is 31.1 Å². The Morgan fingerprint density at radius 1 is 1.13 bits per heavy atom. The molecule has 9 nitrogen and oxygen atoms in total. The minimum absolute atomic E-state index is 0.373. The molecule has 0 N–H and O–H groups in total. The van der Waals surface area contributed by atoms with Gasteiger partial charge in [-0.1, -0.05) is 19.9 Å². The molecule has 0 bridgehead atoms. The van der Waals surface area contributed by atoms with Gasteiger partial charge in [0.15, 0.2) is 5.76 Å². The number of unbranched alkanes of at least 4 members (excludes halogenated alkanes) is 1. The minimum atomic E-state index is -3.05. The molecule has 1 aromatic heterocycles. The summed E-state index contributed by atoms with van der Waals surface area (Å²) in [5.74, 6) is -3.82. The Kier molecular flexibility index (Phi) is 4.72. The van der Waals surface area contributed by atoms with Gasteiger partial charge in [-0.2, -0.15) is 0 Å². The van der Waals surface area contributed by atoms with Crippen LogP contribution in [0.4, 0.5) is 0 Å². The van der Waals surface area contributed by atoms with Gasteiger partial charge in [-0.05, 0) is 6.42 Å². The van der Waals surface area contributed by atoms with E-state index in [1.54, 1.807) is 0 Å². The Morgan fingerprint density at radius 3 is 2.17 bits per heavy atom. The lowest BCUT2D eigenvalue weighted by Crippen LogP contribution is -2.39. The first-order chi connectivity index (χ1) is 10.8. The van der Waals surface area contributed by atoms with Gasteiger partial charge in [0.05, 0.1) is 13.6 Å². The summed E-state index contributed by atoms with van der Waals surface area (Å²) in [4.78, 5) is 31.9. The topological polar surface area (TPSA) is 96.9 Å². The lowest BCUT2D eigenvalue weighted by molar-refractivity contribution is -0.671. The third-order valence-corrected chi connectivity index (χ3v) is 3.03. The second-order valence-electron chi connectivity index (χ2n) is 5.00. The predicted molar refractivity (Wildman–Crippen MR) is 74.8 cm³/mol. The molecule has 124 valence electrons. The maximum atomic E-state index is 10.7. The Labute approximate surface area is 132 Å². The van der Waals surface area contributed by atoms with Crippen molar-refractivity contribution < 1.29 is 37.6 Å². The molecule has 0 aromatic carbocycles. The predicted octanol–water partition coefficient (Wildman–Crippen LogP) is -0.278. The third kappa shape index (κ3) is 3.90. The van der Waals surface area contributed by atoms with E-state index >= 15 is 0 Å². The maximum absolute atomic E-state index is 10.7. The van der Waals surface area contributed by atoms with Gasteiger partial charge in [-0.25, -0.2) is 23.5 Å². The number of aryl methyl sites for hydroxylation is 2. The summed E-state index contributed by atoms with van der Waals surface area (Å²) in [6.07, 6.45) is 8.82. The molecule has 0 aliphatic carbocycles. The number of rotatable bonds is 3. The molecule has 2 aliphatic rings. The molecule has 3 heterocycles. The van der Waals surface area contributed by atoms with Crippen LogP contribution in [0, 0.1) is 0 Å². The molecular weight excluding hydrogens is 307 g/mol. The largest absolute Gasteiger partial charge is 0.783 e. The van der Waals surface area contributed by atoms with E-state index in [0.717, 1.165) is 6.54 Å². The van der Waals surface area contributed by atoms with Gasteiger partial charge in [0.25, 0.3) is 0 Å². The summed E-state index contributed by atoms with van der Waals surface area (Å²) in [6, 6.07) is 0. The molecule has 1 spiro atoms. The second kappa shape index (κ2) is 6.55. The van der Waals surface area contributed by atoms with E-state index < -0.39 is 24.9 Å². The SMILES string of the molecule is C=C1O[B-]2(OC1=O)OC(=O)C(=O)O2.CCCCn1cc[n+](C)c1. The zero-order valence-corrected chi connectivity index (χ0v) is 12.9. The third-order valence-electron chi connectivity index (χ3n) is 3.03. The molecule has 0 saturated carbocycles. The summed E-state index contributed by atoms with van der Waals surface area (Å²) in [7, 11) is 2.04. The molecule has 2 saturated heterocycles. The van der Waals surface area contributed by atoms with E-state index in [-0.39, 0.29) is 5.76 Å². The molecular formula is C13H17BN2O7. The maximum Gasteiger partial charge on any atom is 0.783 e. The van der Waals surface area contributed by atoms with E-state index in [1.165, 1.54) is 12.8 Å². The highest BCUT2D eigenvalue weighted by Gasteiger charge is 2.58. The molecule has 1 aromatic rings. The van der Waals surface area contributed by atoms with Crippen molar-refractivity contribution in [1.29, 1.82) is 0 Å². The summed E-state index contributed by atoms with van der Waals surface area (Å²) in [5, 5.41) is 0. The van der Waals surface area contributed by atoms with Crippen LogP contribution in [0.5, 0.6) is 0 Å². The van der Waals surface area contributed by atoms with E-state index in [2.05, 4.69) is 60.0 Å². The molecule has 2 aliphatic heterocycles. The van der Waals surface area contributed by atoms with Crippen LogP contribution in [0.25, 0.3) is 0 Å². The molecule has 0 atom stereocenters. The Hall–Kier alpha value is -2.78. The molecule has 0 unspecified atom stereocenters. The Morgan fingerprint density at radius 2 is 1.74 bits per heavy atom. The highest BCUT2D eigenvalue weighted by molar-refractivity contribution is 6.69. The fourth-order valence-electron chi connectivity index (χ4n) is 1.90. The smallest absolute Gasteiger partial charge is 0.606 e. The normalized spacial score (nSPS) is 18.0. The summed E-state index contributed by atoms with van der Waals surface area (Å²) in [6.45, 7) is 3.46. The average Bonchev–Trinajstić information content (AvgIpc) is 3.09. The number of imidazole rings is 1. The summed E-state index contributed by atoms with van der Waals surface area (Å²) >= 11 is 0. The van der Waals surface area contributed by atoms with E-state index in [0.29, 0.717) is 0 Å². The van der Waals surface area contributed by atoms with Gasteiger partial charge in [0.2, 0.25) is 6.33 Å². The lowest BCUT2D eigenvalue weighted by Gasteiger charge is -2.22. The number of carbonyl (C=O) groups is 3. The molecule has 0 amide bonds. The van der Waals surface area contributed by atoms with E-state index in [4.69, 9.17) is 0 Å². The van der Waals surface area contributed by atoms with Gasteiger partial charge in [-0.3, -0.25) is 0 Å². The van der Waals surface area contributed by atoms with Crippen LogP contribution < -0.4 is 4.57 Å². The van der Waals surface area contributed by atoms with Crippen molar-refractivity contribution in [1.82, 2.24) is 4.57 Å². The van der Waals surface area contributed by atoms with Crippen molar-refractivity contribution in [2.45, 2.75) is 26.3 Å². The average molecular weight is 324 g/mol.